The number of nitrogens with one attached hydrogen (secondary N) is 1. The minimum Gasteiger partial charge on any atom is -0.280 e. The molecule has 1 heterocycles. The summed E-state index contributed by atoms with van der Waals surface area (Å²) in [5.41, 5.74) is 1.09. The number of aromatic nitrogens is 1. The molecule has 0 amide bonds. The molecular formula is C14H11FN2O2S2. The Labute approximate surface area is 125 Å². The third-order valence-electron chi connectivity index (χ3n) is 2.87. The first kappa shape index (κ1) is 14.0. The molecule has 0 radical (unpaired) electrons. The Bertz CT molecular complexity index is 902. The summed E-state index contributed by atoms with van der Waals surface area (Å²) in [6, 6.07) is 9.93. The van der Waals surface area contributed by atoms with Gasteiger partial charge in [0.25, 0.3) is 10.0 Å². The first-order valence-corrected chi connectivity index (χ1v) is 8.40. The van der Waals surface area contributed by atoms with Crippen LogP contribution in [0.15, 0.2) is 47.4 Å². The molecule has 0 saturated heterocycles. The van der Waals surface area contributed by atoms with Crippen LogP contribution in [0.4, 0.5) is 10.1 Å². The Hall–Kier alpha value is -1.99. The minimum atomic E-state index is -3.70. The number of sulfonamides is 1. The molecule has 108 valence electrons. The van der Waals surface area contributed by atoms with E-state index in [1.165, 1.54) is 41.7 Å². The van der Waals surface area contributed by atoms with Gasteiger partial charge in [-0.3, -0.25) is 4.72 Å². The van der Waals surface area contributed by atoms with Crippen LogP contribution in [-0.2, 0) is 10.0 Å². The second-order valence-corrected chi connectivity index (χ2v) is 7.39. The van der Waals surface area contributed by atoms with E-state index in [4.69, 9.17) is 0 Å². The molecule has 2 aromatic carbocycles. The van der Waals surface area contributed by atoms with Gasteiger partial charge in [0, 0.05) is 5.69 Å². The molecule has 3 aromatic rings. The van der Waals surface area contributed by atoms with E-state index in [0.717, 1.165) is 15.2 Å². The van der Waals surface area contributed by atoms with Crippen molar-refractivity contribution in [1.82, 2.24) is 4.98 Å². The van der Waals surface area contributed by atoms with E-state index in [0.29, 0.717) is 5.69 Å². The van der Waals surface area contributed by atoms with Gasteiger partial charge in [0.15, 0.2) is 0 Å². The van der Waals surface area contributed by atoms with Gasteiger partial charge in [-0.25, -0.2) is 17.8 Å². The maximum absolute atomic E-state index is 12.8. The fourth-order valence-electron chi connectivity index (χ4n) is 1.92. The van der Waals surface area contributed by atoms with E-state index >= 15 is 0 Å². The number of rotatable bonds is 3. The number of aryl methyl sites for hydroxylation is 1. The smallest absolute Gasteiger partial charge is 0.261 e. The van der Waals surface area contributed by atoms with Crippen LogP contribution in [-0.4, -0.2) is 13.4 Å². The molecule has 0 atom stereocenters. The highest BCUT2D eigenvalue weighted by Gasteiger charge is 2.15. The molecule has 1 aromatic heterocycles. The van der Waals surface area contributed by atoms with E-state index in [1.807, 2.05) is 6.92 Å². The summed E-state index contributed by atoms with van der Waals surface area (Å²) in [6.07, 6.45) is 0. The molecule has 3 rings (SSSR count). The molecule has 0 fully saturated rings. The molecule has 0 aliphatic heterocycles. The van der Waals surface area contributed by atoms with Gasteiger partial charge in [0.1, 0.15) is 5.82 Å². The topological polar surface area (TPSA) is 59.1 Å². The molecular weight excluding hydrogens is 311 g/mol. The molecule has 21 heavy (non-hydrogen) atoms. The lowest BCUT2D eigenvalue weighted by Gasteiger charge is -2.07. The monoisotopic (exact) mass is 322 g/mol. The van der Waals surface area contributed by atoms with Crippen molar-refractivity contribution in [2.75, 3.05) is 4.72 Å². The molecule has 0 spiro atoms. The standard InChI is InChI=1S/C14H11FN2O2S2/c1-9-16-13-7-6-12(8-14(13)20-9)21(18,19)17-11-4-2-10(15)3-5-11/h2-8,17H,1H3. The third kappa shape index (κ3) is 2.88. The van der Waals surface area contributed by atoms with Crippen LogP contribution >= 0.6 is 11.3 Å². The van der Waals surface area contributed by atoms with Crippen LogP contribution in [0, 0.1) is 12.7 Å². The van der Waals surface area contributed by atoms with Crippen molar-refractivity contribution < 1.29 is 12.8 Å². The third-order valence-corrected chi connectivity index (χ3v) is 5.19. The highest BCUT2D eigenvalue weighted by atomic mass is 32.2. The van der Waals surface area contributed by atoms with Gasteiger partial charge in [-0.05, 0) is 49.4 Å². The summed E-state index contributed by atoms with van der Waals surface area (Å²) in [5, 5.41) is 0.881. The second-order valence-electron chi connectivity index (χ2n) is 4.47. The average molecular weight is 322 g/mol. The SMILES string of the molecule is Cc1nc2ccc(S(=O)(=O)Nc3ccc(F)cc3)cc2s1. The zero-order chi connectivity index (χ0) is 15.0. The highest BCUT2D eigenvalue weighted by Crippen LogP contribution is 2.25. The number of benzene rings is 2. The number of thiazole rings is 1. The average Bonchev–Trinajstić information content (AvgIpc) is 2.80. The predicted octanol–water partition coefficient (Wildman–Crippen LogP) is 3.54. The van der Waals surface area contributed by atoms with E-state index in [1.54, 1.807) is 12.1 Å². The van der Waals surface area contributed by atoms with E-state index in [2.05, 4.69) is 9.71 Å². The number of anilines is 1. The normalized spacial score (nSPS) is 11.7. The van der Waals surface area contributed by atoms with Crippen molar-refractivity contribution in [2.45, 2.75) is 11.8 Å². The van der Waals surface area contributed by atoms with Gasteiger partial charge in [-0.2, -0.15) is 0 Å². The second kappa shape index (κ2) is 5.09. The number of halogens is 1. The summed E-state index contributed by atoms with van der Waals surface area (Å²) in [7, 11) is -3.70. The van der Waals surface area contributed by atoms with Crippen LogP contribution in [0.2, 0.25) is 0 Å². The molecule has 7 heteroatoms. The van der Waals surface area contributed by atoms with Gasteiger partial charge in [0.05, 0.1) is 20.1 Å². The van der Waals surface area contributed by atoms with Gasteiger partial charge in [-0.1, -0.05) is 0 Å². The van der Waals surface area contributed by atoms with Gasteiger partial charge in [0.2, 0.25) is 0 Å². The fourth-order valence-corrected chi connectivity index (χ4v) is 3.94. The van der Waals surface area contributed by atoms with Crippen LogP contribution < -0.4 is 4.72 Å². The van der Waals surface area contributed by atoms with Crippen LogP contribution in [0.25, 0.3) is 10.2 Å². The molecule has 4 nitrogen and oxygen atoms in total. The van der Waals surface area contributed by atoms with Crippen molar-refractivity contribution in [3.63, 3.8) is 0 Å². The molecule has 0 aliphatic carbocycles. The van der Waals surface area contributed by atoms with Crippen LogP contribution in [0.3, 0.4) is 0 Å². The fraction of sp³-hybridized carbons (Fsp3) is 0.0714. The van der Waals surface area contributed by atoms with Gasteiger partial charge >= 0.3 is 0 Å². The highest BCUT2D eigenvalue weighted by molar-refractivity contribution is 7.92. The summed E-state index contributed by atoms with van der Waals surface area (Å²) in [6.45, 7) is 1.87. The summed E-state index contributed by atoms with van der Waals surface area (Å²) < 4.78 is 40.7. The van der Waals surface area contributed by atoms with E-state index in [9.17, 15) is 12.8 Å². The zero-order valence-electron chi connectivity index (χ0n) is 11.0. The van der Waals surface area contributed by atoms with Crippen molar-refractivity contribution in [2.24, 2.45) is 0 Å². The number of nitrogens with zero attached hydrogens (tertiary/aromatic N) is 1. The number of fused-ring (bicyclic) bond motifs is 1. The Morgan fingerprint density at radius 1 is 1.14 bits per heavy atom. The maximum Gasteiger partial charge on any atom is 0.261 e. The predicted molar refractivity (Wildman–Crippen MR) is 81.6 cm³/mol. The van der Waals surface area contributed by atoms with Crippen molar-refractivity contribution in [3.8, 4) is 0 Å². The van der Waals surface area contributed by atoms with Crippen molar-refractivity contribution in [3.05, 3.63) is 53.3 Å². The maximum atomic E-state index is 12.8. The Balaban J connectivity index is 1.97. The molecule has 0 bridgehead atoms. The lowest BCUT2D eigenvalue weighted by atomic mass is 10.3. The Morgan fingerprint density at radius 3 is 2.57 bits per heavy atom. The Morgan fingerprint density at radius 2 is 1.86 bits per heavy atom. The summed E-state index contributed by atoms with van der Waals surface area (Å²) in [5.74, 6) is -0.417. The zero-order valence-corrected chi connectivity index (χ0v) is 12.6. The molecule has 0 saturated carbocycles. The van der Waals surface area contributed by atoms with E-state index in [-0.39, 0.29) is 4.90 Å². The number of hydrogen-bond acceptors (Lipinski definition) is 4. The largest absolute Gasteiger partial charge is 0.280 e. The van der Waals surface area contributed by atoms with E-state index < -0.39 is 15.8 Å². The number of hydrogen-bond donors (Lipinski definition) is 1. The van der Waals surface area contributed by atoms with Crippen molar-refractivity contribution >= 4 is 37.3 Å². The first-order valence-electron chi connectivity index (χ1n) is 6.10. The molecule has 0 aliphatic rings. The Kier molecular flexibility index (Phi) is 3.38. The van der Waals surface area contributed by atoms with Crippen LogP contribution in [0.5, 0.6) is 0 Å². The summed E-state index contributed by atoms with van der Waals surface area (Å²) in [4.78, 5) is 4.45. The first-order chi connectivity index (χ1) is 9.94. The van der Waals surface area contributed by atoms with Gasteiger partial charge in [-0.15, -0.1) is 11.3 Å². The molecule has 0 unspecified atom stereocenters. The lowest BCUT2D eigenvalue weighted by Crippen LogP contribution is -2.12. The quantitative estimate of drug-likeness (QED) is 0.802. The summed E-state index contributed by atoms with van der Waals surface area (Å²) >= 11 is 1.44. The van der Waals surface area contributed by atoms with Crippen LogP contribution in [0.1, 0.15) is 5.01 Å². The lowest BCUT2D eigenvalue weighted by molar-refractivity contribution is 0.601. The molecule has 1 N–H and O–H groups in total. The van der Waals surface area contributed by atoms with Crippen molar-refractivity contribution in [1.29, 1.82) is 0 Å². The van der Waals surface area contributed by atoms with Gasteiger partial charge < -0.3 is 0 Å². The minimum absolute atomic E-state index is 0.156.